The lowest BCUT2D eigenvalue weighted by atomic mass is 10.1. The molecule has 0 spiro atoms. The quantitative estimate of drug-likeness (QED) is 0.894. The zero-order valence-electron chi connectivity index (χ0n) is 14.8. The summed E-state index contributed by atoms with van der Waals surface area (Å²) in [7, 11) is 0. The lowest BCUT2D eigenvalue weighted by molar-refractivity contribution is 0.0835. The second-order valence-electron chi connectivity index (χ2n) is 7.54. The number of anilines is 1. The van der Waals surface area contributed by atoms with Gasteiger partial charge in [0.05, 0.1) is 13.1 Å². The van der Waals surface area contributed by atoms with E-state index in [2.05, 4.69) is 10.5 Å². The van der Waals surface area contributed by atoms with Crippen molar-refractivity contribution in [1.29, 1.82) is 0 Å². The van der Waals surface area contributed by atoms with Gasteiger partial charge in [0, 0.05) is 11.5 Å². The SMILES string of the molecule is Cc1noc(C2CC2)c1NC(=O)N1Cc2ccccc2OC(C)(C)C1. The highest BCUT2D eigenvalue weighted by Crippen LogP contribution is 2.44. The highest BCUT2D eigenvalue weighted by Gasteiger charge is 2.35. The Kier molecular flexibility index (Phi) is 3.71. The molecule has 6 nitrogen and oxygen atoms in total. The molecular formula is C19H23N3O3. The molecule has 4 rings (SSSR count). The van der Waals surface area contributed by atoms with Crippen LogP contribution in [0.3, 0.4) is 0 Å². The van der Waals surface area contributed by atoms with Gasteiger partial charge in [0.25, 0.3) is 0 Å². The molecule has 2 amide bonds. The predicted molar refractivity (Wildman–Crippen MR) is 93.8 cm³/mol. The number of hydrogen-bond donors (Lipinski definition) is 1. The number of carbonyl (C=O) groups is 1. The molecule has 0 bridgehead atoms. The van der Waals surface area contributed by atoms with Crippen molar-refractivity contribution in [3.63, 3.8) is 0 Å². The molecular weight excluding hydrogens is 318 g/mol. The molecule has 1 aromatic carbocycles. The van der Waals surface area contributed by atoms with Gasteiger partial charge in [0.15, 0.2) is 5.76 Å². The zero-order valence-corrected chi connectivity index (χ0v) is 14.8. The maximum Gasteiger partial charge on any atom is 0.322 e. The fourth-order valence-corrected chi connectivity index (χ4v) is 3.28. The summed E-state index contributed by atoms with van der Waals surface area (Å²) in [5.74, 6) is 2.03. The maximum absolute atomic E-state index is 13.0. The molecule has 0 atom stereocenters. The van der Waals surface area contributed by atoms with Crippen LogP contribution in [0.15, 0.2) is 28.8 Å². The van der Waals surface area contributed by atoms with E-state index in [9.17, 15) is 4.79 Å². The second kappa shape index (κ2) is 5.79. The fourth-order valence-electron chi connectivity index (χ4n) is 3.28. The van der Waals surface area contributed by atoms with Crippen LogP contribution in [0.1, 0.15) is 49.6 Å². The van der Waals surface area contributed by atoms with E-state index in [1.807, 2.05) is 45.0 Å². The normalized spacial score (nSPS) is 18.9. The molecule has 1 aliphatic heterocycles. The highest BCUT2D eigenvalue weighted by atomic mass is 16.5. The first kappa shape index (κ1) is 16.0. The van der Waals surface area contributed by atoms with Crippen LogP contribution in [0, 0.1) is 6.92 Å². The Balaban J connectivity index is 1.58. The lowest BCUT2D eigenvalue weighted by Gasteiger charge is -2.29. The summed E-state index contributed by atoms with van der Waals surface area (Å²) in [6.07, 6.45) is 2.19. The van der Waals surface area contributed by atoms with Crippen LogP contribution in [0.2, 0.25) is 0 Å². The van der Waals surface area contributed by atoms with E-state index in [1.54, 1.807) is 4.90 Å². The summed E-state index contributed by atoms with van der Waals surface area (Å²) >= 11 is 0. The summed E-state index contributed by atoms with van der Waals surface area (Å²) in [6.45, 7) is 6.85. The third-order valence-electron chi connectivity index (χ3n) is 4.65. The number of fused-ring (bicyclic) bond motifs is 1. The highest BCUT2D eigenvalue weighted by molar-refractivity contribution is 5.90. The van der Waals surface area contributed by atoms with Gasteiger partial charge in [0.1, 0.15) is 22.7 Å². The molecule has 0 radical (unpaired) electrons. The number of carbonyl (C=O) groups excluding carboxylic acids is 1. The van der Waals surface area contributed by atoms with Crippen molar-refractivity contribution in [1.82, 2.24) is 10.1 Å². The van der Waals surface area contributed by atoms with Crippen LogP contribution in [0.5, 0.6) is 5.75 Å². The number of ether oxygens (including phenoxy) is 1. The van der Waals surface area contributed by atoms with Crippen molar-refractivity contribution in [2.75, 3.05) is 11.9 Å². The Bertz CT molecular complexity index is 808. The van der Waals surface area contributed by atoms with Crippen molar-refractivity contribution in [3.8, 4) is 5.75 Å². The first-order valence-corrected chi connectivity index (χ1v) is 8.72. The first-order chi connectivity index (χ1) is 11.9. The third-order valence-corrected chi connectivity index (χ3v) is 4.65. The van der Waals surface area contributed by atoms with Gasteiger partial charge >= 0.3 is 6.03 Å². The molecule has 2 aromatic rings. The molecule has 1 saturated carbocycles. The number of amides is 2. The Hall–Kier alpha value is -2.50. The van der Waals surface area contributed by atoms with Gasteiger partial charge in [-0.2, -0.15) is 0 Å². The summed E-state index contributed by atoms with van der Waals surface area (Å²) < 4.78 is 11.5. The second-order valence-corrected chi connectivity index (χ2v) is 7.54. The van der Waals surface area contributed by atoms with E-state index in [1.165, 1.54) is 0 Å². The Labute approximate surface area is 147 Å². The number of para-hydroxylation sites is 1. The van der Waals surface area contributed by atoms with Crippen LogP contribution in [-0.2, 0) is 6.54 Å². The number of aryl methyl sites for hydroxylation is 1. The largest absolute Gasteiger partial charge is 0.486 e. The van der Waals surface area contributed by atoms with Crippen molar-refractivity contribution >= 4 is 11.7 Å². The van der Waals surface area contributed by atoms with E-state index in [4.69, 9.17) is 9.26 Å². The van der Waals surface area contributed by atoms with Crippen LogP contribution in [0.25, 0.3) is 0 Å². The number of benzene rings is 1. The van der Waals surface area contributed by atoms with E-state index >= 15 is 0 Å². The van der Waals surface area contributed by atoms with Gasteiger partial charge in [-0.25, -0.2) is 4.79 Å². The van der Waals surface area contributed by atoms with E-state index in [-0.39, 0.29) is 6.03 Å². The van der Waals surface area contributed by atoms with Gasteiger partial charge in [-0.3, -0.25) is 0 Å². The Morgan fingerprint density at radius 3 is 2.84 bits per heavy atom. The van der Waals surface area contributed by atoms with Crippen LogP contribution in [-0.4, -0.2) is 28.2 Å². The zero-order chi connectivity index (χ0) is 17.6. The summed E-state index contributed by atoms with van der Waals surface area (Å²) in [4.78, 5) is 14.7. The number of nitrogens with zero attached hydrogens (tertiary/aromatic N) is 2. The summed E-state index contributed by atoms with van der Waals surface area (Å²) in [5.41, 5.74) is 1.99. The average Bonchev–Trinajstić information content (AvgIpc) is 3.34. The molecule has 0 unspecified atom stereocenters. The van der Waals surface area contributed by atoms with Crippen molar-refractivity contribution in [2.45, 2.75) is 51.7 Å². The van der Waals surface area contributed by atoms with E-state index in [0.717, 1.165) is 41.3 Å². The molecule has 2 aliphatic rings. The average molecular weight is 341 g/mol. The van der Waals surface area contributed by atoms with Crippen molar-refractivity contribution in [2.24, 2.45) is 0 Å². The molecule has 0 saturated heterocycles. The predicted octanol–water partition coefficient (Wildman–Crippen LogP) is 4.07. The van der Waals surface area contributed by atoms with Gasteiger partial charge in [-0.1, -0.05) is 23.4 Å². The van der Waals surface area contributed by atoms with E-state index < -0.39 is 5.60 Å². The van der Waals surface area contributed by atoms with E-state index in [0.29, 0.717) is 19.0 Å². The number of nitrogens with one attached hydrogen (secondary N) is 1. The maximum atomic E-state index is 13.0. The van der Waals surface area contributed by atoms with Gasteiger partial charge in [-0.05, 0) is 39.7 Å². The Morgan fingerprint density at radius 1 is 1.32 bits per heavy atom. The molecule has 6 heteroatoms. The van der Waals surface area contributed by atoms with Gasteiger partial charge in [-0.15, -0.1) is 0 Å². The molecule has 1 aromatic heterocycles. The smallest absolute Gasteiger partial charge is 0.322 e. The monoisotopic (exact) mass is 341 g/mol. The molecule has 25 heavy (non-hydrogen) atoms. The van der Waals surface area contributed by atoms with Gasteiger partial charge in [0.2, 0.25) is 0 Å². The molecule has 2 heterocycles. The van der Waals surface area contributed by atoms with Gasteiger partial charge < -0.3 is 19.5 Å². The standard InChI is InChI=1S/C19H23N3O3/c1-12-16(17(25-21-12)13-8-9-13)20-18(23)22-10-14-6-4-5-7-15(14)24-19(2,3)11-22/h4-7,13H,8-11H2,1-3H3,(H,20,23). The minimum absolute atomic E-state index is 0.151. The number of aromatic nitrogens is 1. The molecule has 132 valence electrons. The van der Waals surface area contributed by atoms with Crippen LogP contribution in [0.4, 0.5) is 10.5 Å². The summed E-state index contributed by atoms with van der Waals surface area (Å²) in [5, 5.41) is 7.05. The number of urea groups is 1. The molecule has 1 N–H and O–H groups in total. The van der Waals surface area contributed by atoms with Crippen LogP contribution >= 0.6 is 0 Å². The molecule has 1 fully saturated rings. The topological polar surface area (TPSA) is 67.6 Å². The minimum Gasteiger partial charge on any atom is -0.486 e. The summed E-state index contributed by atoms with van der Waals surface area (Å²) in [6, 6.07) is 7.71. The third kappa shape index (κ3) is 3.21. The van der Waals surface area contributed by atoms with Crippen LogP contribution < -0.4 is 10.1 Å². The fraction of sp³-hybridized carbons (Fsp3) is 0.474. The van der Waals surface area contributed by atoms with Crippen molar-refractivity contribution in [3.05, 3.63) is 41.3 Å². The van der Waals surface area contributed by atoms with Crippen molar-refractivity contribution < 1.29 is 14.1 Å². The Morgan fingerprint density at radius 2 is 2.08 bits per heavy atom. The number of rotatable bonds is 2. The number of hydrogen-bond acceptors (Lipinski definition) is 4. The molecule has 1 aliphatic carbocycles. The lowest BCUT2D eigenvalue weighted by Crippen LogP contribution is -2.44. The first-order valence-electron chi connectivity index (χ1n) is 8.72. The minimum atomic E-state index is -0.465.